The second kappa shape index (κ2) is 4.16. The van der Waals surface area contributed by atoms with Crippen LogP contribution in [0.1, 0.15) is 12.0 Å². The molecule has 0 radical (unpaired) electrons. The molecular formula is C12H10O3. The van der Waals surface area contributed by atoms with Crippen LogP contribution in [0.3, 0.4) is 0 Å². The monoisotopic (exact) mass is 202 g/mol. The van der Waals surface area contributed by atoms with E-state index in [-0.39, 0.29) is 6.42 Å². The molecule has 1 aromatic rings. The number of aliphatic hydroxyl groups is 1. The summed E-state index contributed by atoms with van der Waals surface area (Å²) < 4.78 is 4.83. The van der Waals surface area contributed by atoms with Gasteiger partial charge >= 0.3 is 5.97 Å². The standard InChI is InChI=1S/C12H10O3/c13-10-8-12(14)15-11(10)7-6-9-4-2-1-3-5-9/h1-5,10-11,13H,8H2/t10-,11+/m0/s1. The number of esters is 1. The molecule has 1 aromatic carbocycles. The highest BCUT2D eigenvalue weighted by Gasteiger charge is 2.31. The van der Waals surface area contributed by atoms with E-state index in [0.717, 1.165) is 5.56 Å². The largest absolute Gasteiger partial charge is 0.446 e. The summed E-state index contributed by atoms with van der Waals surface area (Å²) in [6.07, 6.45) is -1.44. The van der Waals surface area contributed by atoms with E-state index in [1.165, 1.54) is 0 Å². The third kappa shape index (κ3) is 2.36. The molecule has 1 N–H and O–H groups in total. The van der Waals surface area contributed by atoms with Crippen molar-refractivity contribution in [1.82, 2.24) is 0 Å². The summed E-state index contributed by atoms with van der Waals surface area (Å²) in [4.78, 5) is 10.8. The zero-order valence-electron chi connectivity index (χ0n) is 8.01. The number of ether oxygens (including phenoxy) is 1. The third-order valence-corrected chi connectivity index (χ3v) is 2.12. The zero-order chi connectivity index (χ0) is 10.7. The van der Waals surface area contributed by atoms with Crippen LogP contribution >= 0.6 is 0 Å². The summed E-state index contributed by atoms with van der Waals surface area (Å²) in [7, 11) is 0. The van der Waals surface area contributed by atoms with Crippen molar-refractivity contribution in [3.05, 3.63) is 35.9 Å². The minimum absolute atomic E-state index is 0.0358. The van der Waals surface area contributed by atoms with Crippen LogP contribution in [0.5, 0.6) is 0 Å². The Balaban J connectivity index is 2.09. The van der Waals surface area contributed by atoms with Crippen LogP contribution in [0.25, 0.3) is 0 Å². The second-order valence-corrected chi connectivity index (χ2v) is 3.32. The molecule has 76 valence electrons. The molecule has 0 unspecified atom stereocenters. The Morgan fingerprint density at radius 1 is 1.33 bits per heavy atom. The maximum atomic E-state index is 10.8. The fraction of sp³-hybridized carbons (Fsp3) is 0.250. The number of carbonyl (C=O) groups excluding carboxylic acids is 1. The minimum atomic E-state index is -0.797. The summed E-state index contributed by atoms with van der Waals surface area (Å²) in [5, 5.41) is 9.39. The van der Waals surface area contributed by atoms with E-state index in [9.17, 15) is 9.90 Å². The maximum Gasteiger partial charge on any atom is 0.309 e. The lowest BCUT2D eigenvalue weighted by Gasteiger charge is -2.03. The lowest BCUT2D eigenvalue weighted by Crippen LogP contribution is -2.18. The summed E-state index contributed by atoms with van der Waals surface area (Å²) >= 11 is 0. The summed E-state index contributed by atoms with van der Waals surface area (Å²) in [6, 6.07) is 9.37. The van der Waals surface area contributed by atoms with Crippen molar-refractivity contribution in [2.45, 2.75) is 18.6 Å². The van der Waals surface area contributed by atoms with E-state index in [1.807, 2.05) is 30.3 Å². The summed E-state index contributed by atoms with van der Waals surface area (Å²) in [6.45, 7) is 0. The molecule has 0 amide bonds. The van der Waals surface area contributed by atoms with Crippen molar-refractivity contribution in [3.8, 4) is 11.8 Å². The first kappa shape index (κ1) is 9.75. The Hall–Kier alpha value is -1.79. The van der Waals surface area contributed by atoms with Crippen molar-refractivity contribution >= 4 is 5.97 Å². The van der Waals surface area contributed by atoms with Gasteiger partial charge in [0.15, 0.2) is 6.10 Å². The normalized spacial score (nSPS) is 24.2. The van der Waals surface area contributed by atoms with E-state index < -0.39 is 18.2 Å². The molecule has 1 aliphatic heterocycles. The molecule has 1 fully saturated rings. The Bertz CT molecular complexity index is 413. The molecular weight excluding hydrogens is 192 g/mol. The molecule has 3 heteroatoms. The lowest BCUT2D eigenvalue weighted by molar-refractivity contribution is -0.139. The number of carbonyl (C=O) groups is 1. The topological polar surface area (TPSA) is 46.5 Å². The van der Waals surface area contributed by atoms with Gasteiger partial charge in [-0.1, -0.05) is 30.0 Å². The van der Waals surface area contributed by atoms with Crippen LogP contribution < -0.4 is 0 Å². The van der Waals surface area contributed by atoms with Gasteiger partial charge in [0, 0.05) is 5.56 Å². The molecule has 0 spiro atoms. The maximum absolute atomic E-state index is 10.8. The van der Waals surface area contributed by atoms with Gasteiger partial charge in [-0.05, 0) is 12.1 Å². The highest BCUT2D eigenvalue weighted by Crippen LogP contribution is 2.13. The lowest BCUT2D eigenvalue weighted by atomic mass is 10.1. The minimum Gasteiger partial charge on any atom is -0.446 e. The SMILES string of the molecule is O=C1C[C@H](O)[C@@H](C#Cc2ccccc2)O1. The first-order valence-electron chi connectivity index (χ1n) is 4.70. The van der Waals surface area contributed by atoms with Gasteiger partial charge in [0.05, 0.1) is 6.42 Å². The van der Waals surface area contributed by atoms with Crippen molar-refractivity contribution in [1.29, 1.82) is 0 Å². The first-order valence-corrected chi connectivity index (χ1v) is 4.70. The molecule has 1 aliphatic rings. The van der Waals surface area contributed by atoms with E-state index in [4.69, 9.17) is 4.74 Å². The van der Waals surface area contributed by atoms with Gasteiger partial charge < -0.3 is 9.84 Å². The van der Waals surface area contributed by atoms with Gasteiger partial charge in [0.25, 0.3) is 0 Å². The van der Waals surface area contributed by atoms with Gasteiger partial charge in [0.2, 0.25) is 0 Å². The van der Waals surface area contributed by atoms with Crippen LogP contribution in [0.2, 0.25) is 0 Å². The summed E-state index contributed by atoms with van der Waals surface area (Å²) in [5.74, 6) is 5.19. The van der Waals surface area contributed by atoms with Crippen molar-refractivity contribution < 1.29 is 14.6 Å². The number of rotatable bonds is 0. The quantitative estimate of drug-likeness (QED) is 0.498. The number of aliphatic hydroxyl groups excluding tert-OH is 1. The molecule has 2 rings (SSSR count). The van der Waals surface area contributed by atoms with Crippen LogP contribution in [-0.4, -0.2) is 23.3 Å². The molecule has 3 nitrogen and oxygen atoms in total. The average molecular weight is 202 g/mol. The Morgan fingerprint density at radius 3 is 2.67 bits per heavy atom. The fourth-order valence-electron chi connectivity index (χ4n) is 1.35. The van der Waals surface area contributed by atoms with Gasteiger partial charge in [-0.25, -0.2) is 0 Å². The van der Waals surface area contributed by atoms with Gasteiger partial charge in [-0.3, -0.25) is 4.79 Å². The third-order valence-electron chi connectivity index (χ3n) is 2.12. The molecule has 1 saturated heterocycles. The Labute approximate surface area is 87.7 Å². The average Bonchev–Trinajstić information content (AvgIpc) is 2.56. The van der Waals surface area contributed by atoms with E-state index >= 15 is 0 Å². The Kier molecular flexibility index (Phi) is 2.70. The van der Waals surface area contributed by atoms with Crippen LogP contribution in [0.4, 0.5) is 0 Å². The predicted octanol–water partition coefficient (Wildman–Crippen LogP) is 0.715. The van der Waals surface area contributed by atoms with Crippen LogP contribution in [-0.2, 0) is 9.53 Å². The van der Waals surface area contributed by atoms with E-state index in [0.29, 0.717) is 0 Å². The highest BCUT2D eigenvalue weighted by atomic mass is 16.6. The van der Waals surface area contributed by atoms with E-state index in [1.54, 1.807) is 0 Å². The number of cyclic esters (lactones) is 1. The zero-order valence-corrected chi connectivity index (χ0v) is 8.01. The Morgan fingerprint density at radius 2 is 2.07 bits per heavy atom. The van der Waals surface area contributed by atoms with Gasteiger partial charge in [-0.15, -0.1) is 0 Å². The fourth-order valence-corrected chi connectivity index (χ4v) is 1.35. The molecule has 2 atom stereocenters. The van der Waals surface area contributed by atoms with Crippen molar-refractivity contribution in [2.24, 2.45) is 0 Å². The highest BCUT2D eigenvalue weighted by molar-refractivity contribution is 5.73. The predicted molar refractivity (Wildman–Crippen MR) is 53.8 cm³/mol. The molecule has 1 heterocycles. The number of benzene rings is 1. The number of hydrogen-bond acceptors (Lipinski definition) is 3. The molecule has 0 saturated carbocycles. The second-order valence-electron chi connectivity index (χ2n) is 3.32. The summed E-state index contributed by atoms with van der Waals surface area (Å²) in [5.41, 5.74) is 0.840. The number of hydrogen-bond donors (Lipinski definition) is 1. The van der Waals surface area contributed by atoms with Crippen molar-refractivity contribution in [3.63, 3.8) is 0 Å². The van der Waals surface area contributed by atoms with Crippen LogP contribution in [0.15, 0.2) is 30.3 Å². The molecule has 0 aromatic heterocycles. The smallest absolute Gasteiger partial charge is 0.309 e. The molecule has 15 heavy (non-hydrogen) atoms. The van der Waals surface area contributed by atoms with Crippen molar-refractivity contribution in [2.75, 3.05) is 0 Å². The van der Waals surface area contributed by atoms with E-state index in [2.05, 4.69) is 11.8 Å². The molecule has 0 bridgehead atoms. The molecule has 0 aliphatic carbocycles. The van der Waals surface area contributed by atoms with Gasteiger partial charge in [-0.2, -0.15) is 0 Å². The van der Waals surface area contributed by atoms with Gasteiger partial charge in [0.1, 0.15) is 6.10 Å². The first-order chi connectivity index (χ1) is 7.25. The van der Waals surface area contributed by atoms with Crippen LogP contribution in [0, 0.1) is 11.8 Å².